The smallest absolute Gasteiger partial charge is 0.279 e. The Balaban J connectivity index is 1.64. The van der Waals surface area contributed by atoms with Gasteiger partial charge in [-0.2, -0.15) is 4.98 Å². The number of anilines is 2. The minimum atomic E-state index is -1.74. The number of aromatic nitrogens is 2. The summed E-state index contributed by atoms with van der Waals surface area (Å²) >= 11 is 6.45. The van der Waals surface area contributed by atoms with E-state index in [2.05, 4.69) is 15.0 Å². The Morgan fingerprint density at radius 1 is 1.06 bits per heavy atom. The average molecular weight is 485 g/mol. The van der Waals surface area contributed by atoms with Gasteiger partial charge < -0.3 is 19.4 Å². The number of halogens is 1. The second kappa shape index (κ2) is 9.51. The summed E-state index contributed by atoms with van der Waals surface area (Å²) in [4.78, 5) is 17.8. The zero-order valence-corrected chi connectivity index (χ0v) is 19.7. The first-order valence-corrected chi connectivity index (χ1v) is 11.4. The largest absolute Gasteiger partial charge is 0.497 e. The summed E-state index contributed by atoms with van der Waals surface area (Å²) in [6.07, 6.45) is 0. The van der Waals surface area contributed by atoms with E-state index in [0.717, 1.165) is 5.39 Å². The van der Waals surface area contributed by atoms with Gasteiger partial charge in [0, 0.05) is 24.2 Å². The van der Waals surface area contributed by atoms with Gasteiger partial charge >= 0.3 is 0 Å². The van der Waals surface area contributed by atoms with Crippen molar-refractivity contribution in [3.8, 4) is 11.6 Å². The SMILES string of the molecule is COc1ccc(S(=O)NC(=O)c2cc3c(Nc4cccc(OC)n4)ccc(Cl)c3n2C)cc1. The summed E-state index contributed by atoms with van der Waals surface area (Å²) in [5.41, 5.74) is 1.67. The first-order valence-electron chi connectivity index (χ1n) is 9.84. The third kappa shape index (κ3) is 4.64. The quantitative estimate of drug-likeness (QED) is 0.402. The first-order chi connectivity index (χ1) is 15.9. The number of methoxy groups -OCH3 is 2. The number of fused-ring (bicyclic) bond motifs is 1. The van der Waals surface area contributed by atoms with Crippen LogP contribution >= 0.6 is 11.6 Å². The first kappa shape index (κ1) is 22.6. The van der Waals surface area contributed by atoms with Crippen molar-refractivity contribution < 1.29 is 18.5 Å². The van der Waals surface area contributed by atoms with Gasteiger partial charge in [0.25, 0.3) is 5.91 Å². The molecule has 33 heavy (non-hydrogen) atoms. The van der Waals surface area contributed by atoms with E-state index in [1.54, 1.807) is 74.4 Å². The molecule has 10 heteroatoms. The summed E-state index contributed by atoms with van der Waals surface area (Å²) in [5.74, 6) is 1.19. The molecular formula is C23H21ClN4O4S. The highest BCUT2D eigenvalue weighted by molar-refractivity contribution is 7.83. The second-order valence-corrected chi connectivity index (χ2v) is 8.63. The van der Waals surface area contributed by atoms with Crippen LogP contribution in [0.15, 0.2) is 65.6 Å². The molecule has 1 atom stereocenters. The number of hydrogen-bond acceptors (Lipinski definition) is 6. The Morgan fingerprint density at radius 2 is 1.82 bits per heavy atom. The Hall–Kier alpha value is -3.56. The van der Waals surface area contributed by atoms with Crippen LogP contribution in [0.3, 0.4) is 0 Å². The van der Waals surface area contributed by atoms with Crippen molar-refractivity contribution in [2.45, 2.75) is 4.90 Å². The third-order valence-electron chi connectivity index (χ3n) is 5.03. The number of aryl methyl sites for hydroxylation is 1. The van der Waals surface area contributed by atoms with Gasteiger partial charge in [-0.25, -0.2) is 4.21 Å². The predicted molar refractivity (Wildman–Crippen MR) is 129 cm³/mol. The summed E-state index contributed by atoms with van der Waals surface area (Å²) in [6, 6.07) is 17.2. The van der Waals surface area contributed by atoms with Gasteiger partial charge in [-0.05, 0) is 48.5 Å². The van der Waals surface area contributed by atoms with Crippen molar-refractivity contribution >= 4 is 50.9 Å². The van der Waals surface area contributed by atoms with Crippen LogP contribution in [0.2, 0.25) is 5.02 Å². The third-order valence-corrected chi connectivity index (χ3v) is 6.41. The van der Waals surface area contributed by atoms with Crippen LogP contribution in [0.1, 0.15) is 10.5 Å². The predicted octanol–water partition coefficient (Wildman–Crippen LogP) is 4.44. The van der Waals surface area contributed by atoms with E-state index in [0.29, 0.717) is 44.3 Å². The molecule has 2 N–H and O–H groups in total. The number of ether oxygens (including phenoxy) is 2. The average Bonchev–Trinajstić information content (AvgIpc) is 3.19. The second-order valence-electron chi connectivity index (χ2n) is 7.01. The molecule has 2 aromatic heterocycles. The van der Waals surface area contributed by atoms with E-state index >= 15 is 0 Å². The topological polar surface area (TPSA) is 94.5 Å². The van der Waals surface area contributed by atoms with Crippen molar-refractivity contribution in [2.24, 2.45) is 7.05 Å². The van der Waals surface area contributed by atoms with Crippen LogP contribution in [0.5, 0.6) is 11.6 Å². The molecule has 0 aliphatic heterocycles. The number of rotatable bonds is 7. The number of hydrogen-bond donors (Lipinski definition) is 2. The summed E-state index contributed by atoms with van der Waals surface area (Å²) in [7, 11) is 3.08. The highest BCUT2D eigenvalue weighted by atomic mass is 35.5. The molecule has 0 saturated heterocycles. The van der Waals surface area contributed by atoms with E-state index in [1.165, 1.54) is 0 Å². The molecule has 4 aromatic rings. The maximum Gasteiger partial charge on any atom is 0.279 e. The minimum Gasteiger partial charge on any atom is -0.497 e. The van der Waals surface area contributed by atoms with Crippen LogP contribution in [-0.4, -0.2) is 33.9 Å². The maximum absolute atomic E-state index is 13.0. The molecule has 4 rings (SSSR count). The van der Waals surface area contributed by atoms with E-state index in [1.807, 2.05) is 12.1 Å². The highest BCUT2D eigenvalue weighted by Crippen LogP contribution is 2.34. The fourth-order valence-electron chi connectivity index (χ4n) is 3.38. The lowest BCUT2D eigenvalue weighted by Crippen LogP contribution is -2.27. The lowest BCUT2D eigenvalue weighted by Gasteiger charge is -2.10. The fourth-order valence-corrected chi connectivity index (χ4v) is 4.45. The number of amides is 1. The van der Waals surface area contributed by atoms with Crippen molar-refractivity contribution in [3.05, 3.63) is 71.4 Å². The van der Waals surface area contributed by atoms with Gasteiger partial charge in [0.05, 0.1) is 29.7 Å². The number of carbonyl (C=O) groups is 1. The number of nitrogens with zero attached hydrogens (tertiary/aromatic N) is 2. The lowest BCUT2D eigenvalue weighted by molar-refractivity contribution is 0.0975. The van der Waals surface area contributed by atoms with Crippen molar-refractivity contribution in [1.29, 1.82) is 0 Å². The highest BCUT2D eigenvalue weighted by Gasteiger charge is 2.20. The number of benzene rings is 2. The van der Waals surface area contributed by atoms with E-state index < -0.39 is 16.9 Å². The molecule has 0 aliphatic carbocycles. The normalized spacial score (nSPS) is 11.8. The maximum atomic E-state index is 13.0. The molecule has 0 radical (unpaired) electrons. The molecule has 0 bridgehead atoms. The molecule has 0 aliphatic rings. The fraction of sp³-hybridized carbons (Fsp3) is 0.130. The van der Waals surface area contributed by atoms with E-state index in [-0.39, 0.29) is 0 Å². The number of pyridine rings is 1. The molecular weight excluding hydrogens is 464 g/mol. The monoisotopic (exact) mass is 484 g/mol. The molecule has 170 valence electrons. The van der Waals surface area contributed by atoms with Gasteiger partial charge in [0.2, 0.25) is 5.88 Å². The van der Waals surface area contributed by atoms with Crippen molar-refractivity contribution in [3.63, 3.8) is 0 Å². The zero-order valence-electron chi connectivity index (χ0n) is 18.1. The van der Waals surface area contributed by atoms with Gasteiger partial charge in [-0.15, -0.1) is 0 Å². The lowest BCUT2D eigenvalue weighted by atomic mass is 10.2. The number of carbonyl (C=O) groups excluding carboxylic acids is 1. The van der Waals surface area contributed by atoms with Crippen LogP contribution in [0, 0.1) is 0 Å². The summed E-state index contributed by atoms with van der Waals surface area (Å²) in [5, 5.41) is 4.44. The molecule has 0 fully saturated rings. The Labute approximate surface area is 198 Å². The van der Waals surface area contributed by atoms with E-state index in [4.69, 9.17) is 21.1 Å². The van der Waals surface area contributed by atoms with Crippen molar-refractivity contribution in [1.82, 2.24) is 14.3 Å². The zero-order chi connectivity index (χ0) is 23.5. The van der Waals surface area contributed by atoms with Gasteiger partial charge in [0.15, 0.2) is 11.0 Å². The Bertz CT molecular complexity index is 1350. The molecule has 0 spiro atoms. The molecule has 1 unspecified atom stereocenters. The van der Waals surface area contributed by atoms with Gasteiger partial charge in [0.1, 0.15) is 17.3 Å². The van der Waals surface area contributed by atoms with Crippen LogP contribution in [0.25, 0.3) is 10.9 Å². The number of nitrogens with one attached hydrogen (secondary N) is 2. The Kier molecular flexibility index (Phi) is 6.52. The summed E-state index contributed by atoms with van der Waals surface area (Å²) < 4.78 is 27.1. The van der Waals surface area contributed by atoms with Gasteiger partial charge in [-0.1, -0.05) is 17.7 Å². The summed E-state index contributed by atoms with van der Waals surface area (Å²) in [6.45, 7) is 0. The molecule has 2 heterocycles. The molecule has 8 nitrogen and oxygen atoms in total. The molecule has 2 aromatic carbocycles. The Morgan fingerprint density at radius 3 is 2.52 bits per heavy atom. The minimum absolute atomic E-state index is 0.307. The van der Waals surface area contributed by atoms with E-state index in [9.17, 15) is 9.00 Å². The van der Waals surface area contributed by atoms with Crippen LogP contribution in [-0.2, 0) is 18.0 Å². The van der Waals surface area contributed by atoms with Gasteiger partial charge in [-0.3, -0.25) is 9.52 Å². The van der Waals surface area contributed by atoms with Crippen LogP contribution in [0.4, 0.5) is 11.5 Å². The van der Waals surface area contributed by atoms with Crippen LogP contribution < -0.4 is 19.5 Å². The van der Waals surface area contributed by atoms with Crippen molar-refractivity contribution in [2.75, 3.05) is 19.5 Å². The standard InChI is InChI=1S/C23H21ClN4O4S/c1-28-19(23(29)27-33(30)15-9-7-14(31-2)8-10-15)13-16-18(12-11-17(24)22(16)28)25-20-5-4-6-21(26-20)32-3/h4-13H,1-3H3,(H,25,26)(H,27,29). The molecule has 0 saturated carbocycles. The molecule has 1 amide bonds.